The van der Waals surface area contributed by atoms with Gasteiger partial charge in [-0.15, -0.1) is 10.2 Å². The lowest BCUT2D eigenvalue weighted by molar-refractivity contribution is 0.636. The van der Waals surface area contributed by atoms with Crippen LogP contribution in [0.1, 0.15) is 0 Å². The second-order valence-corrected chi connectivity index (χ2v) is 12.7. The van der Waals surface area contributed by atoms with Crippen molar-refractivity contribution in [1.29, 1.82) is 0 Å². The third-order valence-electron chi connectivity index (χ3n) is 9.66. The molecule has 7 aromatic carbocycles. The lowest BCUT2D eigenvalue weighted by Crippen LogP contribution is -2.01. The van der Waals surface area contributed by atoms with E-state index in [0.29, 0.717) is 0 Å². The van der Waals surface area contributed by atoms with E-state index in [2.05, 4.69) is 149 Å². The second kappa shape index (κ2) is 11.9. The Morgan fingerprint density at radius 3 is 1.69 bits per heavy atom. The maximum Gasteiger partial charge on any atom is 0.168 e. The van der Waals surface area contributed by atoms with E-state index in [4.69, 9.17) is 14.6 Å². The Morgan fingerprint density at radius 2 is 0.961 bits per heavy atom. The molecule has 10 aromatic rings. The molecule has 0 atom stereocenters. The average molecular weight is 655 g/mol. The van der Waals surface area contributed by atoms with Crippen LogP contribution in [0.5, 0.6) is 0 Å². The molecular weight excluding hydrogens is 625 g/mol. The SMILES string of the molecule is c1ccc(-c2oc3c(ccc4c3c3ccccc3n4-c3cccc(-c4nnc(-c5ccccc5)n4-c4ccccc4)c3)c2-c2ccccc2)cc1. The Hall–Kier alpha value is -6.98. The van der Waals surface area contributed by atoms with E-state index in [1.54, 1.807) is 0 Å². The third-order valence-corrected chi connectivity index (χ3v) is 9.66. The summed E-state index contributed by atoms with van der Waals surface area (Å²) in [6.07, 6.45) is 0. The Labute approximate surface area is 294 Å². The number of nitrogens with zero attached hydrogens (tertiary/aromatic N) is 4. The Morgan fingerprint density at radius 1 is 0.392 bits per heavy atom. The van der Waals surface area contributed by atoms with Crippen molar-refractivity contribution in [1.82, 2.24) is 19.3 Å². The Bertz CT molecular complexity index is 2830. The van der Waals surface area contributed by atoms with Gasteiger partial charge in [-0.05, 0) is 48.0 Å². The minimum Gasteiger partial charge on any atom is -0.455 e. The zero-order valence-electron chi connectivity index (χ0n) is 27.5. The maximum absolute atomic E-state index is 6.98. The van der Waals surface area contributed by atoms with Gasteiger partial charge < -0.3 is 8.98 Å². The number of hydrogen-bond acceptors (Lipinski definition) is 3. The number of furan rings is 1. The van der Waals surface area contributed by atoms with Gasteiger partial charge in [0.2, 0.25) is 0 Å². The first-order valence-electron chi connectivity index (χ1n) is 17.1. The van der Waals surface area contributed by atoms with Crippen molar-refractivity contribution >= 4 is 32.8 Å². The topological polar surface area (TPSA) is 48.8 Å². The number of rotatable bonds is 6. The molecule has 10 rings (SSSR count). The van der Waals surface area contributed by atoms with Crippen LogP contribution in [0.25, 0.3) is 89.4 Å². The number of para-hydroxylation sites is 2. The van der Waals surface area contributed by atoms with Gasteiger partial charge in [-0.3, -0.25) is 4.57 Å². The number of hydrogen-bond donors (Lipinski definition) is 0. The van der Waals surface area contributed by atoms with Gasteiger partial charge in [-0.2, -0.15) is 0 Å². The highest BCUT2D eigenvalue weighted by atomic mass is 16.3. The summed E-state index contributed by atoms with van der Waals surface area (Å²) in [5.41, 5.74) is 10.3. The van der Waals surface area contributed by atoms with Crippen molar-refractivity contribution in [3.05, 3.63) is 182 Å². The van der Waals surface area contributed by atoms with Gasteiger partial charge in [0.15, 0.2) is 11.6 Å². The maximum atomic E-state index is 6.98. The minimum atomic E-state index is 0.774. The molecule has 0 fully saturated rings. The molecule has 0 N–H and O–H groups in total. The van der Waals surface area contributed by atoms with E-state index >= 15 is 0 Å². The summed E-state index contributed by atoms with van der Waals surface area (Å²) in [5.74, 6) is 2.44. The van der Waals surface area contributed by atoms with Crippen molar-refractivity contribution in [2.75, 3.05) is 0 Å². The van der Waals surface area contributed by atoms with Crippen LogP contribution < -0.4 is 0 Å². The van der Waals surface area contributed by atoms with Crippen molar-refractivity contribution in [3.8, 4) is 56.6 Å². The summed E-state index contributed by atoms with van der Waals surface area (Å²) >= 11 is 0. The molecule has 0 aliphatic rings. The lowest BCUT2D eigenvalue weighted by atomic mass is 9.98. The molecule has 5 heteroatoms. The van der Waals surface area contributed by atoms with Crippen LogP contribution in [-0.4, -0.2) is 19.3 Å². The average Bonchev–Trinajstić information content (AvgIpc) is 3.92. The first-order valence-corrected chi connectivity index (χ1v) is 17.1. The van der Waals surface area contributed by atoms with Gasteiger partial charge in [-0.25, -0.2) is 0 Å². The highest BCUT2D eigenvalue weighted by Gasteiger charge is 2.24. The molecule has 51 heavy (non-hydrogen) atoms. The van der Waals surface area contributed by atoms with E-state index < -0.39 is 0 Å². The van der Waals surface area contributed by atoms with E-state index in [-0.39, 0.29) is 0 Å². The molecule has 3 aromatic heterocycles. The van der Waals surface area contributed by atoms with Gasteiger partial charge in [0.05, 0.1) is 16.4 Å². The van der Waals surface area contributed by atoms with E-state index in [0.717, 1.165) is 89.4 Å². The van der Waals surface area contributed by atoms with Crippen molar-refractivity contribution in [2.45, 2.75) is 0 Å². The first-order chi connectivity index (χ1) is 25.3. The summed E-state index contributed by atoms with van der Waals surface area (Å²) in [7, 11) is 0. The van der Waals surface area contributed by atoms with E-state index in [1.807, 2.05) is 42.5 Å². The van der Waals surface area contributed by atoms with Gasteiger partial charge in [0, 0.05) is 44.4 Å². The summed E-state index contributed by atoms with van der Waals surface area (Å²) in [4.78, 5) is 0. The predicted molar refractivity (Wildman–Crippen MR) is 207 cm³/mol. The fourth-order valence-corrected chi connectivity index (χ4v) is 7.42. The van der Waals surface area contributed by atoms with Gasteiger partial charge in [0.1, 0.15) is 11.3 Å². The Kier molecular flexibility index (Phi) is 6.74. The summed E-state index contributed by atoms with van der Waals surface area (Å²) < 4.78 is 11.5. The molecule has 0 aliphatic heterocycles. The van der Waals surface area contributed by atoms with E-state index in [9.17, 15) is 0 Å². The number of benzene rings is 7. The van der Waals surface area contributed by atoms with Crippen LogP contribution in [0.3, 0.4) is 0 Å². The van der Waals surface area contributed by atoms with Crippen LogP contribution >= 0.6 is 0 Å². The van der Waals surface area contributed by atoms with Crippen LogP contribution in [0.15, 0.2) is 186 Å². The molecule has 0 bridgehead atoms. The van der Waals surface area contributed by atoms with Gasteiger partial charge in [-0.1, -0.05) is 140 Å². The number of aromatic nitrogens is 4. The van der Waals surface area contributed by atoms with Crippen LogP contribution in [-0.2, 0) is 0 Å². The molecule has 0 saturated carbocycles. The standard InChI is InChI=1S/C46H30N4O/c1-5-16-31(17-6-1)41-38-28-29-40-42(44(38)51-43(41)32-18-7-2-8-19-32)37-26-13-14-27-39(37)49(40)36-25-15-22-34(30-36)46-48-47-45(33-20-9-3-10-21-33)50(46)35-23-11-4-12-24-35/h1-30H. The van der Waals surface area contributed by atoms with Crippen molar-refractivity contribution in [3.63, 3.8) is 0 Å². The van der Waals surface area contributed by atoms with Crippen molar-refractivity contribution < 1.29 is 4.42 Å². The fourth-order valence-electron chi connectivity index (χ4n) is 7.42. The molecule has 0 amide bonds. The normalized spacial score (nSPS) is 11.5. The molecular formula is C46H30N4O. The lowest BCUT2D eigenvalue weighted by Gasteiger charge is -2.13. The summed E-state index contributed by atoms with van der Waals surface area (Å²) in [6, 6.07) is 63.1. The van der Waals surface area contributed by atoms with Crippen LogP contribution in [0.4, 0.5) is 0 Å². The number of fused-ring (bicyclic) bond motifs is 5. The molecule has 240 valence electrons. The fraction of sp³-hybridized carbons (Fsp3) is 0. The molecule has 0 radical (unpaired) electrons. The van der Waals surface area contributed by atoms with Gasteiger partial charge in [0.25, 0.3) is 0 Å². The second-order valence-electron chi connectivity index (χ2n) is 12.7. The van der Waals surface area contributed by atoms with Crippen LogP contribution in [0.2, 0.25) is 0 Å². The largest absolute Gasteiger partial charge is 0.455 e. The molecule has 3 heterocycles. The quantitative estimate of drug-likeness (QED) is 0.179. The molecule has 0 unspecified atom stereocenters. The highest BCUT2D eigenvalue weighted by molar-refractivity contribution is 6.22. The summed E-state index contributed by atoms with van der Waals surface area (Å²) in [6.45, 7) is 0. The monoisotopic (exact) mass is 654 g/mol. The molecule has 5 nitrogen and oxygen atoms in total. The predicted octanol–water partition coefficient (Wildman–Crippen LogP) is 11.8. The van der Waals surface area contributed by atoms with E-state index in [1.165, 1.54) is 0 Å². The molecule has 0 aliphatic carbocycles. The summed E-state index contributed by atoms with van der Waals surface area (Å²) in [5, 5.41) is 12.8. The zero-order chi connectivity index (χ0) is 33.7. The molecule has 0 spiro atoms. The van der Waals surface area contributed by atoms with Crippen molar-refractivity contribution in [2.24, 2.45) is 0 Å². The zero-order valence-corrected chi connectivity index (χ0v) is 27.5. The highest BCUT2D eigenvalue weighted by Crippen LogP contribution is 2.46. The first kappa shape index (κ1) is 29.0. The third kappa shape index (κ3) is 4.71. The molecule has 0 saturated heterocycles. The van der Waals surface area contributed by atoms with Crippen LogP contribution in [0, 0.1) is 0 Å². The Balaban J connectivity index is 1.21. The smallest absolute Gasteiger partial charge is 0.168 e. The van der Waals surface area contributed by atoms with Gasteiger partial charge >= 0.3 is 0 Å². The minimum absolute atomic E-state index is 0.774.